The maximum absolute atomic E-state index is 13.2. The second-order valence-electron chi connectivity index (χ2n) is 5.64. The van der Waals surface area contributed by atoms with Crippen LogP contribution in [0.25, 0.3) is 5.70 Å². The molecule has 2 aromatic rings. The summed E-state index contributed by atoms with van der Waals surface area (Å²) in [6.07, 6.45) is 0. The molecule has 2 rings (SSSR count). The standard InChI is InChI=1S/C19H20BrNO2S/c1-15(2)14-21(19(13-20)17-7-5-4-6-8-17)24(22,23)18-11-9-16(3)10-12-18/h4-13H,1,14H2,2-3H3/b19-13+. The van der Waals surface area contributed by atoms with E-state index >= 15 is 0 Å². The van der Waals surface area contributed by atoms with Crippen molar-refractivity contribution in [2.24, 2.45) is 0 Å². The maximum Gasteiger partial charge on any atom is 0.264 e. The van der Waals surface area contributed by atoms with Crippen molar-refractivity contribution in [3.05, 3.63) is 82.9 Å². The van der Waals surface area contributed by atoms with Gasteiger partial charge in [0.2, 0.25) is 0 Å². The Kier molecular flexibility index (Phi) is 6.02. The highest BCUT2D eigenvalue weighted by Crippen LogP contribution is 2.28. The van der Waals surface area contributed by atoms with E-state index in [0.717, 1.165) is 16.7 Å². The summed E-state index contributed by atoms with van der Waals surface area (Å²) < 4.78 is 27.7. The highest BCUT2D eigenvalue weighted by atomic mass is 79.9. The fraction of sp³-hybridized carbons (Fsp3) is 0.158. The van der Waals surface area contributed by atoms with Crippen LogP contribution in [-0.4, -0.2) is 19.3 Å². The van der Waals surface area contributed by atoms with Crippen molar-refractivity contribution in [3.63, 3.8) is 0 Å². The SMILES string of the molecule is C=C(C)CN(/C(=C/Br)c1ccccc1)S(=O)(=O)c1ccc(C)cc1. The molecule has 5 heteroatoms. The molecule has 0 aliphatic carbocycles. The quantitative estimate of drug-likeness (QED) is 0.637. The third-order valence-corrected chi connectivity index (χ3v) is 5.67. The van der Waals surface area contributed by atoms with Crippen LogP contribution in [0.1, 0.15) is 18.1 Å². The zero-order valence-corrected chi connectivity index (χ0v) is 16.1. The van der Waals surface area contributed by atoms with Crippen LogP contribution in [0.15, 0.2) is 76.6 Å². The summed E-state index contributed by atoms with van der Waals surface area (Å²) in [6.45, 7) is 7.83. The van der Waals surface area contributed by atoms with Crippen molar-refractivity contribution in [2.75, 3.05) is 6.54 Å². The molecule has 0 fully saturated rings. The van der Waals surface area contributed by atoms with E-state index in [4.69, 9.17) is 0 Å². The van der Waals surface area contributed by atoms with Crippen LogP contribution in [0.5, 0.6) is 0 Å². The second kappa shape index (κ2) is 7.81. The first-order valence-corrected chi connectivity index (χ1v) is 9.81. The number of aryl methyl sites for hydroxylation is 1. The molecule has 0 spiro atoms. The van der Waals surface area contributed by atoms with E-state index in [-0.39, 0.29) is 11.4 Å². The zero-order valence-electron chi connectivity index (χ0n) is 13.7. The van der Waals surface area contributed by atoms with Crippen molar-refractivity contribution in [2.45, 2.75) is 18.7 Å². The maximum atomic E-state index is 13.2. The summed E-state index contributed by atoms with van der Waals surface area (Å²) in [7, 11) is -3.70. The van der Waals surface area contributed by atoms with Crippen molar-refractivity contribution in [3.8, 4) is 0 Å². The van der Waals surface area contributed by atoms with Crippen molar-refractivity contribution >= 4 is 31.7 Å². The third kappa shape index (κ3) is 4.16. The van der Waals surface area contributed by atoms with Gasteiger partial charge in [0.15, 0.2) is 0 Å². The molecule has 0 radical (unpaired) electrons. The van der Waals surface area contributed by atoms with Crippen LogP contribution in [-0.2, 0) is 10.0 Å². The fourth-order valence-electron chi connectivity index (χ4n) is 2.25. The first kappa shape index (κ1) is 18.5. The van der Waals surface area contributed by atoms with Crippen LogP contribution >= 0.6 is 15.9 Å². The van der Waals surface area contributed by atoms with E-state index in [1.165, 1.54) is 4.31 Å². The van der Waals surface area contributed by atoms with Gasteiger partial charge in [0.1, 0.15) is 0 Å². The van der Waals surface area contributed by atoms with Crippen LogP contribution < -0.4 is 0 Å². The Bertz CT molecular complexity index is 841. The lowest BCUT2D eigenvalue weighted by Crippen LogP contribution is -2.31. The van der Waals surface area contributed by atoms with E-state index in [0.29, 0.717) is 5.70 Å². The fourth-order valence-corrected chi connectivity index (χ4v) is 4.44. The number of halogens is 1. The van der Waals surface area contributed by atoms with Gasteiger partial charge in [0.05, 0.1) is 17.1 Å². The molecule has 0 aliphatic heterocycles. The monoisotopic (exact) mass is 405 g/mol. The topological polar surface area (TPSA) is 37.4 Å². The highest BCUT2D eigenvalue weighted by molar-refractivity contribution is 9.11. The average Bonchev–Trinajstić information content (AvgIpc) is 2.55. The van der Waals surface area contributed by atoms with Gasteiger partial charge in [0.25, 0.3) is 10.0 Å². The largest absolute Gasteiger partial charge is 0.264 e. The van der Waals surface area contributed by atoms with Gasteiger partial charge in [0, 0.05) is 4.99 Å². The molecule has 0 aliphatic rings. The number of rotatable bonds is 6. The number of nitrogens with zero attached hydrogens (tertiary/aromatic N) is 1. The minimum atomic E-state index is -3.70. The van der Waals surface area contributed by atoms with Crippen molar-refractivity contribution < 1.29 is 8.42 Å². The Hall–Kier alpha value is -1.85. The predicted molar refractivity (Wildman–Crippen MR) is 103 cm³/mol. The minimum absolute atomic E-state index is 0.211. The Labute approximate surface area is 152 Å². The van der Waals surface area contributed by atoms with E-state index in [9.17, 15) is 8.42 Å². The van der Waals surface area contributed by atoms with Crippen LogP contribution in [0.3, 0.4) is 0 Å². The minimum Gasteiger partial charge on any atom is -0.261 e. The van der Waals surface area contributed by atoms with Gasteiger partial charge in [-0.2, -0.15) is 0 Å². The summed E-state index contributed by atoms with van der Waals surface area (Å²) in [6, 6.07) is 16.3. The van der Waals surface area contributed by atoms with Gasteiger partial charge in [-0.15, -0.1) is 0 Å². The molecule has 0 aromatic heterocycles. The Balaban J connectivity index is 2.55. The molecule has 0 saturated heterocycles. The summed E-state index contributed by atoms with van der Waals surface area (Å²) >= 11 is 3.32. The molecule has 24 heavy (non-hydrogen) atoms. The van der Waals surface area contributed by atoms with Gasteiger partial charge in [-0.3, -0.25) is 4.31 Å². The van der Waals surface area contributed by atoms with Gasteiger partial charge in [-0.05, 0) is 31.5 Å². The Morgan fingerprint density at radius 2 is 1.71 bits per heavy atom. The van der Waals surface area contributed by atoms with E-state index < -0.39 is 10.0 Å². The molecule has 2 aromatic carbocycles. The molecule has 0 N–H and O–H groups in total. The van der Waals surface area contributed by atoms with Crippen molar-refractivity contribution in [1.29, 1.82) is 0 Å². The Morgan fingerprint density at radius 1 is 1.12 bits per heavy atom. The number of hydrogen-bond acceptors (Lipinski definition) is 2. The number of benzene rings is 2. The molecule has 0 amide bonds. The van der Waals surface area contributed by atoms with Crippen LogP contribution in [0.2, 0.25) is 0 Å². The summed E-state index contributed by atoms with van der Waals surface area (Å²) in [4.78, 5) is 1.90. The molecule has 0 unspecified atom stereocenters. The summed E-state index contributed by atoms with van der Waals surface area (Å²) in [5, 5.41) is 0. The van der Waals surface area contributed by atoms with E-state index in [2.05, 4.69) is 22.5 Å². The first-order chi connectivity index (χ1) is 11.4. The lowest BCUT2D eigenvalue weighted by atomic mass is 10.2. The molecule has 126 valence electrons. The van der Waals surface area contributed by atoms with Gasteiger partial charge in [-0.25, -0.2) is 8.42 Å². The van der Waals surface area contributed by atoms with E-state index in [1.54, 1.807) is 29.3 Å². The summed E-state index contributed by atoms with van der Waals surface area (Å²) in [5.74, 6) is 0. The number of hydrogen-bond donors (Lipinski definition) is 0. The lowest BCUT2D eigenvalue weighted by molar-refractivity contribution is 0.527. The van der Waals surface area contributed by atoms with Crippen LogP contribution in [0, 0.1) is 6.92 Å². The Morgan fingerprint density at radius 3 is 2.21 bits per heavy atom. The zero-order chi connectivity index (χ0) is 17.7. The van der Waals surface area contributed by atoms with Crippen LogP contribution in [0.4, 0.5) is 0 Å². The molecule has 0 saturated carbocycles. The third-order valence-electron chi connectivity index (χ3n) is 3.46. The van der Waals surface area contributed by atoms with Gasteiger partial charge < -0.3 is 0 Å². The lowest BCUT2D eigenvalue weighted by Gasteiger charge is -2.27. The van der Waals surface area contributed by atoms with E-state index in [1.807, 2.05) is 44.2 Å². The second-order valence-corrected chi connectivity index (χ2v) is 7.96. The molecular formula is C19H20BrNO2S. The summed E-state index contributed by atoms with van der Waals surface area (Å²) in [5.41, 5.74) is 3.15. The average molecular weight is 406 g/mol. The normalized spacial score (nSPS) is 12.0. The molecule has 0 heterocycles. The van der Waals surface area contributed by atoms with Crippen molar-refractivity contribution in [1.82, 2.24) is 4.31 Å². The number of sulfonamides is 1. The molecule has 3 nitrogen and oxygen atoms in total. The first-order valence-electron chi connectivity index (χ1n) is 7.46. The van der Waals surface area contributed by atoms with Gasteiger partial charge >= 0.3 is 0 Å². The molecule has 0 atom stereocenters. The molecular weight excluding hydrogens is 386 g/mol. The van der Waals surface area contributed by atoms with Gasteiger partial charge in [-0.1, -0.05) is 76.1 Å². The molecule has 0 bridgehead atoms. The smallest absolute Gasteiger partial charge is 0.261 e. The highest BCUT2D eigenvalue weighted by Gasteiger charge is 2.27. The predicted octanol–water partition coefficient (Wildman–Crippen LogP) is 4.96.